The van der Waals surface area contributed by atoms with Gasteiger partial charge in [-0.2, -0.15) is 0 Å². The molecule has 2 rings (SSSR count). The second-order valence-electron chi connectivity index (χ2n) is 4.26. The van der Waals surface area contributed by atoms with Crippen molar-refractivity contribution in [3.8, 4) is 5.75 Å². The van der Waals surface area contributed by atoms with Crippen LogP contribution in [0.4, 0.5) is 5.69 Å². The van der Waals surface area contributed by atoms with Gasteiger partial charge in [-0.3, -0.25) is 4.79 Å². The number of amides is 1. The Hall–Kier alpha value is -2.30. The first-order chi connectivity index (χ1) is 9.10. The lowest BCUT2D eigenvalue weighted by Crippen LogP contribution is -2.15. The number of anilines is 1. The lowest BCUT2D eigenvalue weighted by molar-refractivity contribution is -0.115. The molecule has 2 aromatic rings. The standard InChI is InChI=1S/C14H16N2O3/c1-9-13(10(2)19-16-9)8-14(17)15-11-4-6-12(18-3)7-5-11/h4-7H,8H2,1-3H3,(H,15,17). The number of nitrogens with zero attached hydrogens (tertiary/aromatic N) is 1. The highest BCUT2D eigenvalue weighted by Crippen LogP contribution is 2.17. The van der Waals surface area contributed by atoms with Gasteiger partial charge in [-0.05, 0) is 38.1 Å². The van der Waals surface area contributed by atoms with Crippen LogP contribution in [0.2, 0.25) is 0 Å². The molecule has 0 saturated carbocycles. The molecule has 0 saturated heterocycles. The Morgan fingerprint density at radius 3 is 2.53 bits per heavy atom. The van der Waals surface area contributed by atoms with Crippen molar-refractivity contribution >= 4 is 11.6 Å². The second-order valence-corrected chi connectivity index (χ2v) is 4.26. The maximum absolute atomic E-state index is 11.9. The molecule has 0 aliphatic rings. The number of hydrogen-bond acceptors (Lipinski definition) is 4. The highest BCUT2D eigenvalue weighted by atomic mass is 16.5. The molecule has 0 aliphatic carbocycles. The van der Waals surface area contributed by atoms with Crippen LogP contribution in [0.25, 0.3) is 0 Å². The number of hydrogen-bond donors (Lipinski definition) is 1. The van der Waals surface area contributed by atoms with Crippen LogP contribution in [0.3, 0.4) is 0 Å². The molecule has 0 fully saturated rings. The van der Waals surface area contributed by atoms with E-state index in [0.29, 0.717) is 5.76 Å². The molecule has 1 aromatic heterocycles. The average Bonchev–Trinajstić information content (AvgIpc) is 2.71. The molecular weight excluding hydrogens is 244 g/mol. The Bertz CT molecular complexity index is 553. The third kappa shape index (κ3) is 3.13. The molecule has 0 atom stereocenters. The van der Waals surface area contributed by atoms with E-state index in [-0.39, 0.29) is 12.3 Å². The quantitative estimate of drug-likeness (QED) is 0.917. The van der Waals surface area contributed by atoms with Crippen molar-refractivity contribution in [2.75, 3.05) is 12.4 Å². The largest absolute Gasteiger partial charge is 0.497 e. The first-order valence-corrected chi connectivity index (χ1v) is 5.96. The van der Waals surface area contributed by atoms with E-state index in [0.717, 1.165) is 22.7 Å². The van der Waals surface area contributed by atoms with Gasteiger partial charge < -0.3 is 14.6 Å². The topological polar surface area (TPSA) is 64.4 Å². The average molecular weight is 260 g/mol. The van der Waals surface area contributed by atoms with E-state index in [4.69, 9.17) is 9.26 Å². The van der Waals surface area contributed by atoms with Crippen molar-refractivity contribution in [1.29, 1.82) is 0 Å². The molecule has 1 heterocycles. The molecule has 0 unspecified atom stereocenters. The summed E-state index contributed by atoms with van der Waals surface area (Å²) in [4.78, 5) is 11.9. The first-order valence-electron chi connectivity index (χ1n) is 5.96. The van der Waals surface area contributed by atoms with E-state index in [1.54, 1.807) is 38.3 Å². The Labute approximate surface area is 111 Å². The lowest BCUT2D eigenvalue weighted by Gasteiger charge is -2.06. The number of methoxy groups -OCH3 is 1. The molecular formula is C14H16N2O3. The third-order valence-corrected chi connectivity index (χ3v) is 2.89. The highest BCUT2D eigenvalue weighted by molar-refractivity contribution is 5.92. The predicted molar refractivity (Wildman–Crippen MR) is 71.3 cm³/mol. The highest BCUT2D eigenvalue weighted by Gasteiger charge is 2.13. The molecule has 1 aromatic carbocycles. The van der Waals surface area contributed by atoms with Gasteiger partial charge in [0.15, 0.2) is 0 Å². The number of rotatable bonds is 4. The van der Waals surface area contributed by atoms with Crippen molar-refractivity contribution < 1.29 is 14.1 Å². The number of aromatic nitrogens is 1. The molecule has 19 heavy (non-hydrogen) atoms. The number of ether oxygens (including phenoxy) is 1. The summed E-state index contributed by atoms with van der Waals surface area (Å²) < 4.78 is 10.1. The van der Waals surface area contributed by atoms with E-state index in [1.807, 2.05) is 6.92 Å². The van der Waals surface area contributed by atoms with E-state index in [2.05, 4.69) is 10.5 Å². The Kier molecular flexibility index (Phi) is 3.85. The number of carbonyl (C=O) groups excluding carboxylic acids is 1. The zero-order valence-electron chi connectivity index (χ0n) is 11.2. The van der Waals surface area contributed by atoms with Gasteiger partial charge >= 0.3 is 0 Å². The van der Waals surface area contributed by atoms with Crippen LogP contribution >= 0.6 is 0 Å². The Balaban J connectivity index is 2.01. The zero-order chi connectivity index (χ0) is 13.8. The van der Waals surface area contributed by atoms with E-state index >= 15 is 0 Å². The smallest absolute Gasteiger partial charge is 0.228 e. The molecule has 1 N–H and O–H groups in total. The molecule has 0 spiro atoms. The normalized spacial score (nSPS) is 10.3. The van der Waals surface area contributed by atoms with Gasteiger partial charge in [-0.15, -0.1) is 0 Å². The summed E-state index contributed by atoms with van der Waals surface area (Å²) in [6, 6.07) is 7.19. The van der Waals surface area contributed by atoms with Crippen LogP contribution in [0, 0.1) is 13.8 Å². The number of benzene rings is 1. The minimum absolute atomic E-state index is 0.0976. The molecule has 0 aliphatic heterocycles. The van der Waals surface area contributed by atoms with Gasteiger partial charge in [0.25, 0.3) is 0 Å². The van der Waals surface area contributed by atoms with E-state index in [9.17, 15) is 4.79 Å². The van der Waals surface area contributed by atoms with Gasteiger partial charge in [0, 0.05) is 11.3 Å². The van der Waals surface area contributed by atoms with Crippen LogP contribution < -0.4 is 10.1 Å². The van der Waals surface area contributed by atoms with Crippen molar-refractivity contribution in [3.05, 3.63) is 41.3 Å². The fourth-order valence-corrected chi connectivity index (χ4v) is 1.79. The van der Waals surface area contributed by atoms with Gasteiger partial charge in [0.1, 0.15) is 11.5 Å². The summed E-state index contributed by atoms with van der Waals surface area (Å²) in [5.74, 6) is 1.34. The molecule has 5 heteroatoms. The summed E-state index contributed by atoms with van der Waals surface area (Å²) in [6.07, 6.45) is 0.257. The minimum Gasteiger partial charge on any atom is -0.497 e. The van der Waals surface area contributed by atoms with Gasteiger partial charge in [0.2, 0.25) is 5.91 Å². The van der Waals surface area contributed by atoms with Crippen molar-refractivity contribution in [2.24, 2.45) is 0 Å². The van der Waals surface area contributed by atoms with Crippen LogP contribution in [-0.2, 0) is 11.2 Å². The Morgan fingerprint density at radius 1 is 1.32 bits per heavy atom. The number of carbonyl (C=O) groups is 1. The van der Waals surface area contributed by atoms with Crippen LogP contribution in [-0.4, -0.2) is 18.2 Å². The van der Waals surface area contributed by atoms with Crippen LogP contribution in [0.15, 0.2) is 28.8 Å². The SMILES string of the molecule is COc1ccc(NC(=O)Cc2c(C)noc2C)cc1. The monoisotopic (exact) mass is 260 g/mol. The predicted octanol–water partition coefficient (Wildman–Crippen LogP) is 2.48. The van der Waals surface area contributed by atoms with Gasteiger partial charge in [-0.1, -0.05) is 5.16 Å². The number of nitrogens with one attached hydrogen (secondary N) is 1. The molecule has 0 radical (unpaired) electrons. The first kappa shape index (κ1) is 13.1. The van der Waals surface area contributed by atoms with Crippen LogP contribution in [0.1, 0.15) is 17.0 Å². The number of aryl methyl sites for hydroxylation is 2. The van der Waals surface area contributed by atoms with Gasteiger partial charge in [-0.25, -0.2) is 0 Å². The van der Waals surface area contributed by atoms with Crippen LogP contribution in [0.5, 0.6) is 5.75 Å². The summed E-state index contributed by atoms with van der Waals surface area (Å²) in [6.45, 7) is 3.63. The zero-order valence-corrected chi connectivity index (χ0v) is 11.2. The molecule has 100 valence electrons. The summed E-state index contributed by atoms with van der Waals surface area (Å²) in [7, 11) is 1.60. The summed E-state index contributed by atoms with van der Waals surface area (Å²) >= 11 is 0. The van der Waals surface area contributed by atoms with Crippen molar-refractivity contribution in [2.45, 2.75) is 20.3 Å². The third-order valence-electron chi connectivity index (χ3n) is 2.89. The Morgan fingerprint density at radius 2 is 2.00 bits per heavy atom. The van der Waals surface area contributed by atoms with Gasteiger partial charge in [0.05, 0.1) is 19.2 Å². The molecule has 1 amide bonds. The minimum atomic E-state index is -0.0976. The fraction of sp³-hybridized carbons (Fsp3) is 0.286. The van der Waals surface area contributed by atoms with E-state index in [1.165, 1.54) is 0 Å². The summed E-state index contributed by atoms with van der Waals surface area (Å²) in [5.41, 5.74) is 2.32. The molecule has 0 bridgehead atoms. The second kappa shape index (κ2) is 5.56. The van der Waals surface area contributed by atoms with E-state index < -0.39 is 0 Å². The maximum atomic E-state index is 11.9. The lowest BCUT2D eigenvalue weighted by atomic mass is 10.1. The maximum Gasteiger partial charge on any atom is 0.228 e. The summed E-state index contributed by atoms with van der Waals surface area (Å²) in [5, 5.41) is 6.65. The molecule has 5 nitrogen and oxygen atoms in total. The van der Waals surface area contributed by atoms with Crippen molar-refractivity contribution in [1.82, 2.24) is 5.16 Å². The fourth-order valence-electron chi connectivity index (χ4n) is 1.79. The van der Waals surface area contributed by atoms with Crippen molar-refractivity contribution in [3.63, 3.8) is 0 Å².